The Labute approximate surface area is 82.3 Å². The Morgan fingerprint density at radius 1 is 1.38 bits per heavy atom. The molecule has 1 rings (SSSR count). The van der Waals surface area contributed by atoms with Crippen LogP contribution >= 0.6 is 0 Å². The van der Waals surface area contributed by atoms with Crippen molar-refractivity contribution in [3.63, 3.8) is 0 Å². The predicted molar refractivity (Wildman–Crippen MR) is 57.7 cm³/mol. The lowest BCUT2D eigenvalue weighted by atomic mass is 9.94. The Hall–Kier alpha value is -0.0800. The Bertz CT molecular complexity index is 171. The van der Waals surface area contributed by atoms with E-state index in [2.05, 4.69) is 33.0 Å². The van der Waals surface area contributed by atoms with E-state index in [0.29, 0.717) is 11.5 Å². The van der Waals surface area contributed by atoms with E-state index in [1.54, 1.807) is 0 Å². The molecule has 0 spiro atoms. The summed E-state index contributed by atoms with van der Waals surface area (Å²) in [6.07, 6.45) is 3.42. The van der Waals surface area contributed by atoms with Crippen LogP contribution in [0, 0.1) is 5.41 Å². The molecule has 78 valence electrons. The molecule has 13 heavy (non-hydrogen) atoms. The van der Waals surface area contributed by atoms with Crippen LogP contribution in [0.4, 0.5) is 0 Å². The minimum Gasteiger partial charge on any atom is -0.324 e. The predicted octanol–water partition coefficient (Wildman–Crippen LogP) is 1.89. The van der Waals surface area contributed by atoms with E-state index in [1.165, 1.54) is 6.42 Å². The van der Waals surface area contributed by atoms with Gasteiger partial charge in [0.25, 0.3) is 0 Å². The maximum absolute atomic E-state index is 6.20. The molecule has 1 fully saturated rings. The molecule has 0 aliphatic heterocycles. The first kappa shape index (κ1) is 11.0. The summed E-state index contributed by atoms with van der Waals surface area (Å²) in [5.74, 6) is 0. The van der Waals surface area contributed by atoms with Crippen LogP contribution in [-0.2, 0) is 0 Å². The van der Waals surface area contributed by atoms with E-state index >= 15 is 0 Å². The molecule has 1 unspecified atom stereocenters. The number of nitrogens with one attached hydrogen (secondary N) is 1. The first-order chi connectivity index (χ1) is 5.93. The van der Waals surface area contributed by atoms with Gasteiger partial charge in [-0.2, -0.15) is 0 Å². The molecule has 1 atom stereocenters. The zero-order chi connectivity index (χ0) is 10.1. The lowest BCUT2D eigenvalue weighted by molar-refractivity contribution is 0.359. The monoisotopic (exact) mass is 184 g/mol. The van der Waals surface area contributed by atoms with Crippen LogP contribution in [-0.4, -0.2) is 18.1 Å². The molecule has 0 saturated heterocycles. The van der Waals surface area contributed by atoms with Gasteiger partial charge in [-0.15, -0.1) is 0 Å². The average Bonchev–Trinajstić information content (AvgIpc) is 2.70. The SMILES string of the molecule is CCC(N)(CC)CNC1CC1(C)C. The highest BCUT2D eigenvalue weighted by atomic mass is 15.0. The molecule has 0 heterocycles. The second kappa shape index (κ2) is 3.58. The first-order valence-corrected chi connectivity index (χ1v) is 5.46. The van der Waals surface area contributed by atoms with Crippen LogP contribution in [0.1, 0.15) is 47.0 Å². The largest absolute Gasteiger partial charge is 0.324 e. The molecule has 1 saturated carbocycles. The summed E-state index contributed by atoms with van der Waals surface area (Å²) in [4.78, 5) is 0. The van der Waals surface area contributed by atoms with Crippen molar-refractivity contribution in [3.05, 3.63) is 0 Å². The minimum absolute atomic E-state index is 0.0126. The average molecular weight is 184 g/mol. The molecule has 3 N–H and O–H groups in total. The van der Waals surface area contributed by atoms with Gasteiger partial charge in [-0.05, 0) is 24.7 Å². The lowest BCUT2D eigenvalue weighted by Crippen LogP contribution is -2.48. The minimum atomic E-state index is 0.0126. The summed E-state index contributed by atoms with van der Waals surface area (Å²) in [6, 6.07) is 0.702. The first-order valence-electron chi connectivity index (χ1n) is 5.46. The second-order valence-corrected chi connectivity index (χ2v) is 5.20. The number of nitrogens with two attached hydrogens (primary N) is 1. The molecule has 2 heteroatoms. The van der Waals surface area contributed by atoms with Gasteiger partial charge in [-0.1, -0.05) is 27.7 Å². The normalized spacial score (nSPS) is 26.1. The van der Waals surface area contributed by atoms with E-state index in [9.17, 15) is 0 Å². The maximum Gasteiger partial charge on any atom is 0.0275 e. The van der Waals surface area contributed by atoms with Gasteiger partial charge < -0.3 is 11.1 Å². The molecular weight excluding hydrogens is 160 g/mol. The van der Waals surface area contributed by atoms with Gasteiger partial charge in [-0.3, -0.25) is 0 Å². The van der Waals surface area contributed by atoms with E-state index in [1.807, 2.05) is 0 Å². The van der Waals surface area contributed by atoms with Crippen molar-refractivity contribution in [3.8, 4) is 0 Å². The Morgan fingerprint density at radius 3 is 2.15 bits per heavy atom. The maximum atomic E-state index is 6.20. The molecule has 0 amide bonds. The van der Waals surface area contributed by atoms with Crippen molar-refractivity contribution in [2.24, 2.45) is 11.1 Å². The molecule has 1 aliphatic carbocycles. The standard InChI is InChI=1S/C11H24N2/c1-5-11(12,6-2)8-13-9-7-10(9,3)4/h9,13H,5-8,12H2,1-4H3. The van der Waals surface area contributed by atoms with Gasteiger partial charge in [0.1, 0.15) is 0 Å². The van der Waals surface area contributed by atoms with Crippen LogP contribution in [0.5, 0.6) is 0 Å². The van der Waals surface area contributed by atoms with Gasteiger partial charge in [0.15, 0.2) is 0 Å². The molecule has 0 bridgehead atoms. The lowest BCUT2D eigenvalue weighted by Gasteiger charge is -2.27. The van der Waals surface area contributed by atoms with Gasteiger partial charge in [0, 0.05) is 18.1 Å². The molecule has 2 nitrogen and oxygen atoms in total. The van der Waals surface area contributed by atoms with Crippen molar-refractivity contribution in [2.45, 2.75) is 58.5 Å². The zero-order valence-corrected chi connectivity index (χ0v) is 9.48. The fraction of sp³-hybridized carbons (Fsp3) is 1.00. The highest BCUT2D eigenvalue weighted by Crippen LogP contribution is 2.44. The Morgan fingerprint density at radius 2 is 1.85 bits per heavy atom. The third-order valence-electron chi connectivity index (χ3n) is 3.62. The molecule has 0 radical (unpaired) electrons. The van der Waals surface area contributed by atoms with Crippen molar-refractivity contribution >= 4 is 0 Å². The fourth-order valence-corrected chi connectivity index (χ4v) is 1.64. The van der Waals surface area contributed by atoms with Crippen molar-refractivity contribution in [2.75, 3.05) is 6.54 Å². The summed E-state index contributed by atoms with van der Waals surface area (Å²) in [5, 5.41) is 3.56. The Kier molecular flexibility index (Phi) is 3.03. The van der Waals surface area contributed by atoms with Gasteiger partial charge in [-0.25, -0.2) is 0 Å². The number of hydrogen-bond acceptors (Lipinski definition) is 2. The molecule has 0 aromatic rings. The molecule has 0 aromatic heterocycles. The van der Waals surface area contributed by atoms with Crippen LogP contribution in [0.25, 0.3) is 0 Å². The third kappa shape index (κ3) is 2.68. The summed E-state index contributed by atoms with van der Waals surface area (Å²) in [7, 11) is 0. The van der Waals surface area contributed by atoms with E-state index in [-0.39, 0.29) is 5.54 Å². The van der Waals surface area contributed by atoms with Gasteiger partial charge >= 0.3 is 0 Å². The zero-order valence-electron chi connectivity index (χ0n) is 9.48. The molecular formula is C11H24N2. The van der Waals surface area contributed by atoms with Crippen molar-refractivity contribution < 1.29 is 0 Å². The van der Waals surface area contributed by atoms with Crippen LogP contribution in [0.3, 0.4) is 0 Å². The van der Waals surface area contributed by atoms with Crippen molar-refractivity contribution in [1.82, 2.24) is 5.32 Å². The van der Waals surface area contributed by atoms with Crippen LogP contribution < -0.4 is 11.1 Å². The van der Waals surface area contributed by atoms with E-state index < -0.39 is 0 Å². The number of rotatable bonds is 5. The summed E-state index contributed by atoms with van der Waals surface area (Å²) in [5.41, 5.74) is 6.73. The van der Waals surface area contributed by atoms with Crippen molar-refractivity contribution in [1.29, 1.82) is 0 Å². The molecule has 0 aromatic carbocycles. The summed E-state index contributed by atoms with van der Waals surface area (Å²) < 4.78 is 0. The third-order valence-corrected chi connectivity index (χ3v) is 3.62. The Balaban J connectivity index is 2.26. The topological polar surface area (TPSA) is 38.0 Å². The highest BCUT2D eigenvalue weighted by Gasteiger charge is 2.45. The smallest absolute Gasteiger partial charge is 0.0275 e. The number of hydrogen-bond donors (Lipinski definition) is 2. The summed E-state index contributed by atoms with van der Waals surface area (Å²) in [6.45, 7) is 9.92. The summed E-state index contributed by atoms with van der Waals surface area (Å²) >= 11 is 0. The van der Waals surface area contributed by atoms with Gasteiger partial charge in [0.2, 0.25) is 0 Å². The van der Waals surface area contributed by atoms with E-state index in [4.69, 9.17) is 5.73 Å². The highest BCUT2D eigenvalue weighted by molar-refractivity contribution is 5.02. The van der Waals surface area contributed by atoms with Gasteiger partial charge in [0.05, 0.1) is 0 Å². The fourth-order valence-electron chi connectivity index (χ4n) is 1.64. The van der Waals surface area contributed by atoms with Crippen LogP contribution in [0.15, 0.2) is 0 Å². The quantitative estimate of drug-likeness (QED) is 0.685. The van der Waals surface area contributed by atoms with E-state index in [0.717, 1.165) is 19.4 Å². The second-order valence-electron chi connectivity index (χ2n) is 5.20. The molecule has 1 aliphatic rings. The van der Waals surface area contributed by atoms with Crippen LogP contribution in [0.2, 0.25) is 0 Å².